The average Bonchev–Trinajstić information content (AvgIpc) is 2.55. The molecule has 1 atom stereocenters. The zero-order valence-electron chi connectivity index (χ0n) is 12.7. The lowest BCUT2D eigenvalue weighted by atomic mass is 10.2. The molecule has 2 aromatic carbocycles. The standard InChI is InChI=1S/C17H16BrNO4/c1-11(16(20)19-13-6-4-3-5-7-13)23-17(21)12-8-9-15(22-2)14(18)10-12/h3-11H,1-2H3,(H,19,20)/t11-/m0/s1. The molecule has 0 spiro atoms. The van der Waals surface area contributed by atoms with Gasteiger partial charge in [0.1, 0.15) is 5.75 Å². The molecule has 0 saturated carbocycles. The summed E-state index contributed by atoms with van der Waals surface area (Å²) in [6, 6.07) is 13.8. The third-order valence-corrected chi connectivity index (χ3v) is 3.70. The molecule has 2 rings (SSSR count). The van der Waals surface area contributed by atoms with Crippen LogP contribution in [0.1, 0.15) is 17.3 Å². The number of nitrogens with one attached hydrogen (secondary N) is 1. The van der Waals surface area contributed by atoms with E-state index in [1.165, 1.54) is 14.0 Å². The van der Waals surface area contributed by atoms with Crippen LogP contribution in [0.15, 0.2) is 53.0 Å². The highest BCUT2D eigenvalue weighted by atomic mass is 79.9. The molecule has 6 heteroatoms. The summed E-state index contributed by atoms with van der Waals surface area (Å²) in [5.41, 5.74) is 0.977. The molecule has 0 radical (unpaired) electrons. The lowest BCUT2D eigenvalue weighted by molar-refractivity contribution is -0.123. The van der Waals surface area contributed by atoms with Crippen molar-refractivity contribution in [2.45, 2.75) is 13.0 Å². The molecule has 5 nitrogen and oxygen atoms in total. The van der Waals surface area contributed by atoms with E-state index in [2.05, 4.69) is 21.2 Å². The van der Waals surface area contributed by atoms with Crippen LogP contribution in [0.4, 0.5) is 5.69 Å². The van der Waals surface area contributed by atoms with Gasteiger partial charge in [-0.2, -0.15) is 0 Å². The Morgan fingerprint density at radius 2 is 1.83 bits per heavy atom. The molecule has 0 heterocycles. The third-order valence-electron chi connectivity index (χ3n) is 3.08. The maximum absolute atomic E-state index is 12.1. The Balaban J connectivity index is 1.99. The average molecular weight is 378 g/mol. The van der Waals surface area contributed by atoms with E-state index >= 15 is 0 Å². The predicted octanol–water partition coefficient (Wildman–Crippen LogP) is 3.64. The first-order valence-corrected chi connectivity index (χ1v) is 7.71. The summed E-state index contributed by atoms with van der Waals surface area (Å²) < 4.78 is 10.9. The fourth-order valence-electron chi connectivity index (χ4n) is 1.84. The van der Waals surface area contributed by atoms with Gasteiger partial charge in [0, 0.05) is 5.69 Å². The summed E-state index contributed by atoms with van der Waals surface area (Å²) in [6.45, 7) is 1.52. The van der Waals surface area contributed by atoms with Crippen LogP contribution in [0, 0.1) is 0 Å². The predicted molar refractivity (Wildman–Crippen MR) is 90.6 cm³/mol. The van der Waals surface area contributed by atoms with Gasteiger partial charge < -0.3 is 14.8 Å². The van der Waals surface area contributed by atoms with Crippen LogP contribution in [0.5, 0.6) is 5.75 Å². The quantitative estimate of drug-likeness (QED) is 0.807. The summed E-state index contributed by atoms with van der Waals surface area (Å²) in [4.78, 5) is 24.1. The van der Waals surface area contributed by atoms with Gasteiger partial charge in [0.2, 0.25) is 0 Å². The number of carbonyl (C=O) groups excluding carboxylic acids is 2. The number of hydrogen-bond acceptors (Lipinski definition) is 4. The van der Waals surface area contributed by atoms with Gasteiger partial charge in [-0.25, -0.2) is 4.79 Å². The highest BCUT2D eigenvalue weighted by Gasteiger charge is 2.19. The topological polar surface area (TPSA) is 64.6 Å². The van der Waals surface area contributed by atoms with Crippen LogP contribution in [0.25, 0.3) is 0 Å². The summed E-state index contributed by atoms with van der Waals surface area (Å²) in [5.74, 6) is -0.363. The van der Waals surface area contributed by atoms with Crippen molar-refractivity contribution < 1.29 is 19.1 Å². The number of para-hydroxylation sites is 1. The van der Waals surface area contributed by atoms with E-state index < -0.39 is 18.0 Å². The molecule has 23 heavy (non-hydrogen) atoms. The molecule has 0 aromatic heterocycles. The van der Waals surface area contributed by atoms with Crippen LogP contribution in [0.2, 0.25) is 0 Å². The van der Waals surface area contributed by atoms with E-state index in [9.17, 15) is 9.59 Å². The van der Waals surface area contributed by atoms with Crippen LogP contribution in [-0.4, -0.2) is 25.1 Å². The maximum atomic E-state index is 12.1. The molecule has 0 aliphatic rings. The summed E-state index contributed by atoms with van der Waals surface area (Å²) >= 11 is 3.30. The SMILES string of the molecule is COc1ccc(C(=O)O[C@@H](C)C(=O)Nc2ccccc2)cc1Br. The highest BCUT2D eigenvalue weighted by Crippen LogP contribution is 2.26. The lowest BCUT2D eigenvalue weighted by Crippen LogP contribution is -2.30. The Morgan fingerprint density at radius 1 is 1.13 bits per heavy atom. The molecule has 0 unspecified atom stereocenters. The van der Waals surface area contributed by atoms with Crippen LogP contribution in [-0.2, 0) is 9.53 Å². The van der Waals surface area contributed by atoms with Crippen molar-refractivity contribution in [1.29, 1.82) is 0 Å². The van der Waals surface area contributed by atoms with Gasteiger partial charge in [-0.1, -0.05) is 18.2 Å². The molecule has 0 aliphatic carbocycles. The Labute approximate surface area is 142 Å². The van der Waals surface area contributed by atoms with Crippen molar-refractivity contribution in [2.75, 3.05) is 12.4 Å². The number of carbonyl (C=O) groups is 2. The molecule has 0 fully saturated rings. The van der Waals surface area contributed by atoms with E-state index in [-0.39, 0.29) is 0 Å². The fraction of sp³-hybridized carbons (Fsp3) is 0.176. The lowest BCUT2D eigenvalue weighted by Gasteiger charge is -2.14. The van der Waals surface area contributed by atoms with E-state index in [1.54, 1.807) is 42.5 Å². The number of hydrogen-bond donors (Lipinski definition) is 1. The first-order valence-electron chi connectivity index (χ1n) is 6.91. The number of ether oxygens (including phenoxy) is 2. The van der Waals surface area contributed by atoms with Gasteiger partial charge in [0.05, 0.1) is 17.1 Å². The smallest absolute Gasteiger partial charge is 0.338 e. The van der Waals surface area contributed by atoms with Crippen molar-refractivity contribution in [1.82, 2.24) is 0 Å². The number of esters is 1. The van der Waals surface area contributed by atoms with Crippen LogP contribution in [0.3, 0.4) is 0 Å². The molecule has 2 aromatic rings. The van der Waals surface area contributed by atoms with Crippen molar-refractivity contribution >= 4 is 33.5 Å². The molecule has 1 N–H and O–H groups in total. The Kier molecular flexibility index (Phi) is 5.76. The Morgan fingerprint density at radius 3 is 2.43 bits per heavy atom. The van der Waals surface area contributed by atoms with E-state index in [0.29, 0.717) is 21.5 Å². The first-order chi connectivity index (χ1) is 11.0. The second-order valence-corrected chi connectivity index (χ2v) is 5.61. The van der Waals surface area contributed by atoms with Gasteiger partial charge >= 0.3 is 5.97 Å². The van der Waals surface area contributed by atoms with Gasteiger partial charge in [-0.05, 0) is 53.2 Å². The molecular formula is C17H16BrNO4. The number of rotatable bonds is 5. The highest BCUT2D eigenvalue weighted by molar-refractivity contribution is 9.10. The zero-order chi connectivity index (χ0) is 16.8. The minimum absolute atomic E-state index is 0.331. The minimum Gasteiger partial charge on any atom is -0.496 e. The number of halogens is 1. The van der Waals surface area contributed by atoms with Gasteiger partial charge in [0.25, 0.3) is 5.91 Å². The van der Waals surface area contributed by atoms with Crippen molar-refractivity contribution in [3.05, 3.63) is 58.6 Å². The number of amides is 1. The largest absolute Gasteiger partial charge is 0.496 e. The summed E-state index contributed by atoms with van der Waals surface area (Å²) in [5, 5.41) is 2.68. The minimum atomic E-state index is -0.913. The van der Waals surface area contributed by atoms with Crippen molar-refractivity contribution in [3.8, 4) is 5.75 Å². The molecular weight excluding hydrogens is 362 g/mol. The Hall–Kier alpha value is -2.34. The number of anilines is 1. The van der Waals surface area contributed by atoms with Crippen molar-refractivity contribution in [3.63, 3.8) is 0 Å². The van der Waals surface area contributed by atoms with Crippen LogP contribution >= 0.6 is 15.9 Å². The summed E-state index contributed by atoms with van der Waals surface area (Å²) in [7, 11) is 1.54. The maximum Gasteiger partial charge on any atom is 0.338 e. The zero-order valence-corrected chi connectivity index (χ0v) is 14.3. The fourth-order valence-corrected chi connectivity index (χ4v) is 2.38. The second-order valence-electron chi connectivity index (χ2n) is 4.75. The van der Waals surface area contributed by atoms with E-state index in [0.717, 1.165) is 0 Å². The van der Waals surface area contributed by atoms with Crippen LogP contribution < -0.4 is 10.1 Å². The molecule has 0 bridgehead atoms. The molecule has 1 amide bonds. The Bertz CT molecular complexity index is 703. The van der Waals surface area contributed by atoms with Gasteiger partial charge in [-0.15, -0.1) is 0 Å². The molecule has 120 valence electrons. The monoisotopic (exact) mass is 377 g/mol. The molecule has 0 saturated heterocycles. The molecule has 0 aliphatic heterocycles. The number of methoxy groups -OCH3 is 1. The first kappa shape index (κ1) is 17.0. The normalized spacial score (nSPS) is 11.4. The van der Waals surface area contributed by atoms with E-state index in [4.69, 9.17) is 9.47 Å². The second kappa shape index (κ2) is 7.78. The van der Waals surface area contributed by atoms with Gasteiger partial charge in [0.15, 0.2) is 6.10 Å². The van der Waals surface area contributed by atoms with E-state index in [1.807, 2.05) is 6.07 Å². The summed E-state index contributed by atoms with van der Waals surface area (Å²) in [6.07, 6.45) is -0.913. The van der Waals surface area contributed by atoms with Gasteiger partial charge in [-0.3, -0.25) is 4.79 Å². The third kappa shape index (κ3) is 4.56. The van der Waals surface area contributed by atoms with Crippen molar-refractivity contribution in [2.24, 2.45) is 0 Å². The number of benzene rings is 2.